The molecule has 0 heterocycles. The molecule has 2 unspecified atom stereocenters. The minimum absolute atomic E-state index is 0.0515. The van der Waals surface area contributed by atoms with Gasteiger partial charge in [0.1, 0.15) is 0 Å². The number of rotatable bonds is 5. The molecule has 19 heavy (non-hydrogen) atoms. The highest BCUT2D eigenvalue weighted by atomic mass is 19.4. The Kier molecular flexibility index (Phi) is 5.38. The number of nitrogens with two attached hydrogens (primary N) is 1. The molecular weight excluding hydrogens is 253 g/mol. The number of benzene rings is 1. The van der Waals surface area contributed by atoms with Gasteiger partial charge in [-0.05, 0) is 32.0 Å². The Balaban J connectivity index is 2.87. The fourth-order valence-electron chi connectivity index (χ4n) is 2.28. The van der Waals surface area contributed by atoms with E-state index in [0.717, 1.165) is 11.1 Å². The molecule has 1 rings (SSSR count). The van der Waals surface area contributed by atoms with E-state index in [4.69, 9.17) is 5.73 Å². The highest BCUT2D eigenvalue weighted by Crippen LogP contribution is 2.27. The topological polar surface area (TPSA) is 29.3 Å². The molecule has 108 valence electrons. The first-order valence-electron chi connectivity index (χ1n) is 6.30. The normalized spacial score (nSPS) is 15.6. The summed E-state index contributed by atoms with van der Waals surface area (Å²) in [7, 11) is 1.69. The van der Waals surface area contributed by atoms with E-state index in [1.807, 2.05) is 38.1 Å². The maximum absolute atomic E-state index is 12.3. The van der Waals surface area contributed by atoms with Crippen molar-refractivity contribution in [3.8, 4) is 0 Å². The molecule has 0 aliphatic rings. The number of hydrogen-bond acceptors (Lipinski definition) is 2. The number of nitrogens with zero attached hydrogens (tertiary/aromatic N) is 1. The monoisotopic (exact) mass is 274 g/mol. The van der Waals surface area contributed by atoms with Crippen LogP contribution in [-0.4, -0.2) is 30.7 Å². The number of hydrogen-bond donors (Lipinski definition) is 1. The van der Waals surface area contributed by atoms with Gasteiger partial charge in [0.15, 0.2) is 0 Å². The van der Waals surface area contributed by atoms with Gasteiger partial charge in [-0.3, -0.25) is 4.90 Å². The lowest BCUT2D eigenvalue weighted by molar-refractivity contribution is -0.138. The molecule has 0 bridgehead atoms. The van der Waals surface area contributed by atoms with Crippen LogP contribution in [0.4, 0.5) is 13.2 Å². The van der Waals surface area contributed by atoms with Crippen LogP contribution in [0.25, 0.3) is 0 Å². The van der Waals surface area contributed by atoms with Gasteiger partial charge in [0.25, 0.3) is 0 Å². The molecule has 0 saturated carbocycles. The number of likely N-dealkylation sites (N-methyl/N-ethyl adjacent to an activating group) is 1. The molecule has 0 radical (unpaired) electrons. The van der Waals surface area contributed by atoms with Gasteiger partial charge in [0, 0.05) is 18.6 Å². The second-order valence-electron chi connectivity index (χ2n) is 5.01. The first-order valence-corrected chi connectivity index (χ1v) is 6.30. The zero-order chi connectivity index (χ0) is 14.6. The maximum atomic E-state index is 12.3. The Hall–Kier alpha value is -1.07. The Morgan fingerprint density at radius 2 is 1.84 bits per heavy atom. The van der Waals surface area contributed by atoms with Gasteiger partial charge in [0.2, 0.25) is 0 Å². The Bertz CT molecular complexity index is 402. The van der Waals surface area contributed by atoms with Crippen molar-refractivity contribution < 1.29 is 13.2 Å². The first-order chi connectivity index (χ1) is 8.72. The van der Waals surface area contributed by atoms with E-state index in [1.54, 1.807) is 11.9 Å². The van der Waals surface area contributed by atoms with Gasteiger partial charge < -0.3 is 5.73 Å². The van der Waals surface area contributed by atoms with Crippen LogP contribution in [0, 0.1) is 6.92 Å². The molecule has 0 aromatic heterocycles. The molecule has 0 aliphatic heterocycles. The molecule has 1 aromatic rings. The summed E-state index contributed by atoms with van der Waals surface area (Å²) in [6, 6.07) is 7.22. The summed E-state index contributed by atoms with van der Waals surface area (Å²) in [4.78, 5) is 1.68. The molecule has 0 spiro atoms. The van der Waals surface area contributed by atoms with Crippen molar-refractivity contribution in [1.82, 2.24) is 4.90 Å². The SMILES string of the molecule is Cc1ccccc1C(C(C)N)N(C)CCC(F)(F)F. The van der Waals surface area contributed by atoms with E-state index in [-0.39, 0.29) is 18.6 Å². The summed E-state index contributed by atoms with van der Waals surface area (Å²) in [5.74, 6) is 0. The lowest BCUT2D eigenvalue weighted by Gasteiger charge is -2.32. The Morgan fingerprint density at radius 1 is 1.26 bits per heavy atom. The average Bonchev–Trinajstić information content (AvgIpc) is 2.28. The second kappa shape index (κ2) is 6.39. The van der Waals surface area contributed by atoms with E-state index < -0.39 is 12.6 Å². The molecule has 0 amide bonds. The van der Waals surface area contributed by atoms with Crippen LogP contribution in [0.2, 0.25) is 0 Å². The van der Waals surface area contributed by atoms with Crippen molar-refractivity contribution in [1.29, 1.82) is 0 Å². The molecular formula is C14H21F3N2. The maximum Gasteiger partial charge on any atom is 0.390 e. The standard InChI is InChI=1S/C14H21F3N2/c1-10-6-4-5-7-12(10)13(11(2)18)19(3)9-8-14(15,16)17/h4-7,11,13H,8-9,18H2,1-3H3. The van der Waals surface area contributed by atoms with Crippen LogP contribution in [0.5, 0.6) is 0 Å². The average molecular weight is 274 g/mol. The van der Waals surface area contributed by atoms with Gasteiger partial charge in [0.05, 0.1) is 6.42 Å². The summed E-state index contributed by atoms with van der Waals surface area (Å²) in [6.45, 7) is 3.72. The molecule has 2 N–H and O–H groups in total. The zero-order valence-electron chi connectivity index (χ0n) is 11.5. The highest BCUT2D eigenvalue weighted by Gasteiger charge is 2.30. The summed E-state index contributed by atoms with van der Waals surface area (Å²) in [5.41, 5.74) is 7.99. The van der Waals surface area contributed by atoms with E-state index in [1.165, 1.54) is 0 Å². The van der Waals surface area contributed by atoms with Crippen LogP contribution in [0.1, 0.15) is 30.5 Å². The van der Waals surface area contributed by atoms with Crippen LogP contribution in [0.3, 0.4) is 0 Å². The molecule has 5 heteroatoms. The molecule has 0 fully saturated rings. The summed E-state index contributed by atoms with van der Waals surface area (Å²) >= 11 is 0. The second-order valence-corrected chi connectivity index (χ2v) is 5.01. The third kappa shape index (κ3) is 4.84. The van der Waals surface area contributed by atoms with Crippen molar-refractivity contribution in [3.63, 3.8) is 0 Å². The van der Waals surface area contributed by atoms with Crippen LogP contribution < -0.4 is 5.73 Å². The predicted octanol–water partition coefficient (Wildman–Crippen LogP) is 3.27. The summed E-state index contributed by atoms with van der Waals surface area (Å²) < 4.78 is 36.9. The van der Waals surface area contributed by atoms with Crippen LogP contribution >= 0.6 is 0 Å². The van der Waals surface area contributed by atoms with Crippen molar-refractivity contribution in [2.45, 2.75) is 38.5 Å². The number of aryl methyl sites for hydroxylation is 1. The first kappa shape index (κ1) is 16.0. The molecule has 2 atom stereocenters. The lowest BCUT2D eigenvalue weighted by Crippen LogP contribution is -2.39. The van der Waals surface area contributed by atoms with Gasteiger partial charge in [-0.2, -0.15) is 13.2 Å². The van der Waals surface area contributed by atoms with E-state index in [9.17, 15) is 13.2 Å². The third-order valence-corrected chi connectivity index (χ3v) is 3.23. The van der Waals surface area contributed by atoms with E-state index in [0.29, 0.717) is 0 Å². The third-order valence-electron chi connectivity index (χ3n) is 3.23. The lowest BCUT2D eigenvalue weighted by atomic mass is 9.95. The van der Waals surface area contributed by atoms with Gasteiger partial charge in [-0.1, -0.05) is 24.3 Å². The largest absolute Gasteiger partial charge is 0.390 e. The molecule has 2 nitrogen and oxygen atoms in total. The van der Waals surface area contributed by atoms with Crippen molar-refractivity contribution in [2.75, 3.05) is 13.6 Å². The molecule has 1 aromatic carbocycles. The zero-order valence-corrected chi connectivity index (χ0v) is 11.5. The number of alkyl halides is 3. The fourth-order valence-corrected chi connectivity index (χ4v) is 2.28. The summed E-state index contributed by atoms with van der Waals surface area (Å²) in [6.07, 6.45) is -4.96. The van der Waals surface area contributed by atoms with Crippen molar-refractivity contribution in [3.05, 3.63) is 35.4 Å². The van der Waals surface area contributed by atoms with Gasteiger partial charge in [-0.15, -0.1) is 0 Å². The highest BCUT2D eigenvalue weighted by molar-refractivity contribution is 5.29. The van der Waals surface area contributed by atoms with Crippen LogP contribution in [-0.2, 0) is 0 Å². The van der Waals surface area contributed by atoms with Crippen molar-refractivity contribution in [2.24, 2.45) is 5.73 Å². The smallest absolute Gasteiger partial charge is 0.326 e. The summed E-state index contributed by atoms with van der Waals surface area (Å²) in [5, 5.41) is 0. The van der Waals surface area contributed by atoms with E-state index >= 15 is 0 Å². The quantitative estimate of drug-likeness (QED) is 0.893. The van der Waals surface area contributed by atoms with Crippen molar-refractivity contribution >= 4 is 0 Å². The number of halogens is 3. The molecule has 0 aliphatic carbocycles. The van der Waals surface area contributed by atoms with Gasteiger partial charge in [-0.25, -0.2) is 0 Å². The van der Waals surface area contributed by atoms with E-state index in [2.05, 4.69) is 0 Å². The predicted molar refractivity (Wildman–Crippen MR) is 70.9 cm³/mol. The Labute approximate surface area is 112 Å². The Morgan fingerprint density at radius 3 is 2.32 bits per heavy atom. The van der Waals surface area contributed by atoms with Crippen LogP contribution in [0.15, 0.2) is 24.3 Å². The van der Waals surface area contributed by atoms with Gasteiger partial charge >= 0.3 is 6.18 Å². The fraction of sp³-hybridized carbons (Fsp3) is 0.571. The minimum Gasteiger partial charge on any atom is -0.326 e. The minimum atomic E-state index is -4.14. The molecule has 0 saturated heterocycles.